The van der Waals surface area contributed by atoms with Gasteiger partial charge in [0.15, 0.2) is 0 Å². The van der Waals surface area contributed by atoms with E-state index in [9.17, 15) is 0 Å². The normalized spacial score (nSPS) is 15.6. The van der Waals surface area contributed by atoms with Gasteiger partial charge in [0.2, 0.25) is 0 Å². The number of nitrogens with one attached hydrogen (secondary N) is 1. The Balaban J connectivity index is 1.85. The zero-order chi connectivity index (χ0) is 13.7. The predicted octanol–water partition coefficient (Wildman–Crippen LogP) is 3.35. The van der Waals surface area contributed by atoms with E-state index >= 15 is 0 Å². The van der Waals surface area contributed by atoms with Crippen molar-refractivity contribution in [2.45, 2.75) is 31.8 Å². The fourth-order valence-electron chi connectivity index (χ4n) is 2.39. The minimum atomic E-state index is 0.310. The number of rotatable bonds is 6. The lowest BCUT2D eigenvalue weighted by Gasteiger charge is -2.14. The van der Waals surface area contributed by atoms with E-state index in [0.29, 0.717) is 28.3 Å². The first kappa shape index (κ1) is 14.6. The van der Waals surface area contributed by atoms with Gasteiger partial charge in [-0.3, -0.25) is 0 Å². The highest BCUT2D eigenvalue weighted by Crippen LogP contribution is 2.24. The lowest BCUT2D eigenvalue weighted by molar-refractivity contribution is 0.0659. The average molecular weight is 299 g/mol. The molecule has 1 fully saturated rings. The van der Waals surface area contributed by atoms with Gasteiger partial charge in [0.1, 0.15) is 4.99 Å². The van der Waals surface area contributed by atoms with E-state index < -0.39 is 0 Å². The predicted molar refractivity (Wildman–Crippen MR) is 84.0 cm³/mol. The van der Waals surface area contributed by atoms with Crippen molar-refractivity contribution >= 4 is 34.5 Å². The number of anilines is 1. The van der Waals surface area contributed by atoms with Crippen molar-refractivity contribution in [2.24, 2.45) is 5.73 Å². The number of benzene rings is 1. The maximum absolute atomic E-state index is 6.10. The number of thiocarbonyl (C=S) groups is 1. The fraction of sp³-hybridized carbons (Fsp3) is 0.500. The van der Waals surface area contributed by atoms with Crippen molar-refractivity contribution in [3.05, 3.63) is 28.8 Å². The lowest BCUT2D eigenvalue weighted by atomic mass is 10.1. The molecule has 0 saturated heterocycles. The van der Waals surface area contributed by atoms with E-state index in [4.69, 9.17) is 34.3 Å². The molecule has 0 bridgehead atoms. The molecule has 1 aromatic carbocycles. The lowest BCUT2D eigenvalue weighted by Crippen LogP contribution is -2.18. The first-order valence-corrected chi connectivity index (χ1v) is 7.41. The summed E-state index contributed by atoms with van der Waals surface area (Å²) in [5.41, 5.74) is 7.27. The van der Waals surface area contributed by atoms with Crippen LogP contribution in [0.15, 0.2) is 18.2 Å². The number of ether oxygens (including phenoxy) is 1. The largest absolute Gasteiger partial charge is 0.389 e. The molecule has 104 valence electrons. The Bertz CT molecular complexity index is 447. The van der Waals surface area contributed by atoms with Gasteiger partial charge >= 0.3 is 0 Å². The Kier molecular flexibility index (Phi) is 5.43. The van der Waals surface area contributed by atoms with E-state index in [1.165, 1.54) is 25.7 Å². The van der Waals surface area contributed by atoms with Crippen molar-refractivity contribution in [1.82, 2.24) is 0 Å². The standard InChI is InChI=1S/C14H19ClN2OS/c15-11-6-3-7-12(13(11)14(16)19)17-8-9-18-10-4-1-2-5-10/h3,6-7,10,17H,1-2,4-5,8-9H2,(H2,16,19). The maximum atomic E-state index is 6.10. The van der Waals surface area contributed by atoms with E-state index in [-0.39, 0.29) is 0 Å². The van der Waals surface area contributed by atoms with Gasteiger partial charge in [-0.25, -0.2) is 0 Å². The number of halogens is 1. The number of hydrogen-bond acceptors (Lipinski definition) is 3. The highest BCUT2D eigenvalue weighted by molar-refractivity contribution is 7.80. The number of hydrogen-bond donors (Lipinski definition) is 2. The van der Waals surface area contributed by atoms with Crippen LogP contribution in [0.25, 0.3) is 0 Å². The summed E-state index contributed by atoms with van der Waals surface area (Å²) in [5.74, 6) is 0. The molecule has 1 aliphatic rings. The van der Waals surface area contributed by atoms with Crippen LogP contribution in [-0.4, -0.2) is 24.2 Å². The van der Waals surface area contributed by atoms with Gasteiger partial charge in [0.25, 0.3) is 0 Å². The topological polar surface area (TPSA) is 47.3 Å². The Labute approximate surface area is 124 Å². The molecule has 5 heteroatoms. The zero-order valence-corrected chi connectivity index (χ0v) is 12.4. The van der Waals surface area contributed by atoms with Crippen LogP contribution in [0, 0.1) is 0 Å². The Morgan fingerprint density at radius 2 is 2.16 bits per heavy atom. The van der Waals surface area contributed by atoms with Crippen molar-refractivity contribution in [1.29, 1.82) is 0 Å². The van der Waals surface area contributed by atoms with Crippen LogP contribution in [0.3, 0.4) is 0 Å². The summed E-state index contributed by atoms with van der Waals surface area (Å²) in [6.45, 7) is 1.42. The molecule has 0 aliphatic heterocycles. The van der Waals surface area contributed by atoms with Gasteiger partial charge < -0.3 is 15.8 Å². The molecule has 1 aromatic rings. The monoisotopic (exact) mass is 298 g/mol. The maximum Gasteiger partial charge on any atom is 0.107 e. The SMILES string of the molecule is NC(=S)c1c(Cl)cccc1NCCOC1CCCC1. The molecular formula is C14H19ClN2OS. The Morgan fingerprint density at radius 1 is 1.42 bits per heavy atom. The van der Waals surface area contributed by atoms with Crippen molar-refractivity contribution < 1.29 is 4.74 Å². The average Bonchev–Trinajstić information content (AvgIpc) is 2.87. The van der Waals surface area contributed by atoms with Gasteiger partial charge in [-0.15, -0.1) is 0 Å². The Morgan fingerprint density at radius 3 is 2.84 bits per heavy atom. The van der Waals surface area contributed by atoms with E-state index in [1.807, 2.05) is 12.1 Å². The third kappa shape index (κ3) is 4.06. The fourth-order valence-corrected chi connectivity index (χ4v) is 2.94. The molecule has 0 spiro atoms. The summed E-state index contributed by atoms with van der Waals surface area (Å²) in [4.78, 5) is 0.310. The van der Waals surface area contributed by atoms with Crippen LogP contribution < -0.4 is 11.1 Å². The highest BCUT2D eigenvalue weighted by atomic mass is 35.5. The van der Waals surface area contributed by atoms with E-state index in [1.54, 1.807) is 6.07 Å². The molecule has 0 unspecified atom stereocenters. The van der Waals surface area contributed by atoms with Crippen molar-refractivity contribution in [2.75, 3.05) is 18.5 Å². The molecule has 3 nitrogen and oxygen atoms in total. The zero-order valence-electron chi connectivity index (χ0n) is 10.8. The molecule has 2 rings (SSSR count). The molecule has 0 radical (unpaired) electrons. The van der Waals surface area contributed by atoms with Crippen LogP contribution in [0.1, 0.15) is 31.2 Å². The molecule has 0 heterocycles. The molecule has 0 atom stereocenters. The highest BCUT2D eigenvalue weighted by Gasteiger charge is 2.15. The minimum absolute atomic E-state index is 0.310. The van der Waals surface area contributed by atoms with E-state index in [2.05, 4.69) is 5.32 Å². The second-order valence-corrected chi connectivity index (χ2v) is 5.58. The molecule has 3 N–H and O–H groups in total. The molecule has 0 amide bonds. The summed E-state index contributed by atoms with van der Waals surface area (Å²) in [6.07, 6.45) is 5.40. The summed E-state index contributed by atoms with van der Waals surface area (Å²) < 4.78 is 5.80. The smallest absolute Gasteiger partial charge is 0.107 e. The molecule has 1 saturated carbocycles. The third-order valence-electron chi connectivity index (χ3n) is 3.33. The Hall–Kier alpha value is -0.840. The summed E-state index contributed by atoms with van der Waals surface area (Å²) in [7, 11) is 0. The van der Waals surface area contributed by atoms with Gasteiger partial charge in [0.05, 0.1) is 23.3 Å². The second-order valence-electron chi connectivity index (χ2n) is 4.73. The van der Waals surface area contributed by atoms with Gasteiger partial charge in [0, 0.05) is 12.2 Å². The summed E-state index contributed by atoms with van der Waals surface area (Å²) >= 11 is 11.1. The quantitative estimate of drug-likeness (QED) is 0.624. The molecule has 19 heavy (non-hydrogen) atoms. The van der Waals surface area contributed by atoms with Crippen molar-refractivity contribution in [3.63, 3.8) is 0 Å². The van der Waals surface area contributed by atoms with Gasteiger partial charge in [-0.05, 0) is 25.0 Å². The van der Waals surface area contributed by atoms with Crippen LogP contribution in [-0.2, 0) is 4.74 Å². The first-order valence-electron chi connectivity index (χ1n) is 6.62. The first-order chi connectivity index (χ1) is 9.18. The molecule has 1 aliphatic carbocycles. The summed E-state index contributed by atoms with van der Waals surface area (Å²) in [5, 5.41) is 3.86. The third-order valence-corrected chi connectivity index (χ3v) is 3.85. The van der Waals surface area contributed by atoms with E-state index in [0.717, 1.165) is 12.2 Å². The van der Waals surface area contributed by atoms with Gasteiger partial charge in [-0.1, -0.05) is 42.7 Å². The summed E-state index contributed by atoms with van der Waals surface area (Å²) in [6, 6.07) is 5.59. The molecular weight excluding hydrogens is 280 g/mol. The van der Waals surface area contributed by atoms with Crippen LogP contribution in [0.4, 0.5) is 5.69 Å². The van der Waals surface area contributed by atoms with Crippen LogP contribution >= 0.6 is 23.8 Å². The van der Waals surface area contributed by atoms with Crippen LogP contribution in [0.2, 0.25) is 5.02 Å². The second kappa shape index (κ2) is 7.08. The molecule has 0 aromatic heterocycles. The van der Waals surface area contributed by atoms with Gasteiger partial charge in [-0.2, -0.15) is 0 Å². The number of nitrogens with two attached hydrogens (primary N) is 1. The van der Waals surface area contributed by atoms with Crippen molar-refractivity contribution in [3.8, 4) is 0 Å². The minimum Gasteiger partial charge on any atom is -0.389 e. The van der Waals surface area contributed by atoms with Crippen LogP contribution in [0.5, 0.6) is 0 Å².